The first kappa shape index (κ1) is 13.2. The van der Waals surface area contributed by atoms with Crippen molar-refractivity contribution in [2.45, 2.75) is 6.92 Å². The van der Waals surface area contributed by atoms with Gasteiger partial charge < -0.3 is 9.84 Å². The fourth-order valence-corrected chi connectivity index (χ4v) is 1.81. The molecule has 0 aromatic heterocycles. The molecule has 2 aromatic carbocycles. The highest BCUT2D eigenvalue weighted by atomic mass is 35.5. The van der Waals surface area contributed by atoms with Crippen LogP contribution in [0.5, 0.6) is 17.2 Å². The monoisotopic (exact) mass is 279 g/mol. The first-order valence-corrected chi connectivity index (χ1v) is 5.76. The molecule has 0 spiro atoms. The lowest BCUT2D eigenvalue weighted by Gasteiger charge is -2.08. The standard InChI is InChI=1S/C13H10ClNO4/c1-8-4-10(16)7-11(5-8)19-13-3-2-9(15(17)18)6-12(13)14/h2-7,16H,1H3. The molecule has 0 bridgehead atoms. The van der Waals surface area contributed by atoms with E-state index >= 15 is 0 Å². The molecule has 0 heterocycles. The summed E-state index contributed by atoms with van der Waals surface area (Å²) in [6, 6.07) is 8.68. The van der Waals surface area contributed by atoms with E-state index in [-0.39, 0.29) is 22.2 Å². The SMILES string of the molecule is Cc1cc(O)cc(Oc2ccc([N+](=O)[O-])cc2Cl)c1. The maximum Gasteiger partial charge on any atom is 0.271 e. The highest BCUT2D eigenvalue weighted by Gasteiger charge is 2.11. The molecule has 0 atom stereocenters. The van der Waals surface area contributed by atoms with Crippen molar-refractivity contribution in [3.8, 4) is 17.2 Å². The Hall–Kier alpha value is -2.27. The third-order valence-corrected chi connectivity index (χ3v) is 2.69. The molecule has 2 rings (SSSR count). The van der Waals surface area contributed by atoms with Crippen LogP contribution < -0.4 is 4.74 Å². The van der Waals surface area contributed by atoms with Crippen LogP contribution in [0.2, 0.25) is 5.02 Å². The highest BCUT2D eigenvalue weighted by molar-refractivity contribution is 6.32. The van der Waals surface area contributed by atoms with E-state index < -0.39 is 4.92 Å². The summed E-state index contributed by atoms with van der Waals surface area (Å²) in [6.45, 7) is 1.81. The van der Waals surface area contributed by atoms with Crippen LogP contribution in [-0.2, 0) is 0 Å². The molecular formula is C13H10ClNO4. The van der Waals surface area contributed by atoms with Crippen LogP contribution in [0.4, 0.5) is 5.69 Å². The average molecular weight is 280 g/mol. The van der Waals surface area contributed by atoms with Gasteiger partial charge >= 0.3 is 0 Å². The second-order valence-corrected chi connectivity index (χ2v) is 4.39. The molecular weight excluding hydrogens is 270 g/mol. The predicted octanol–water partition coefficient (Wildman–Crippen LogP) is 4.05. The molecule has 5 nitrogen and oxygen atoms in total. The lowest BCUT2D eigenvalue weighted by molar-refractivity contribution is -0.384. The van der Waals surface area contributed by atoms with Gasteiger partial charge in [-0.2, -0.15) is 0 Å². The summed E-state index contributed by atoms with van der Waals surface area (Å²) in [5, 5.41) is 20.2. The van der Waals surface area contributed by atoms with Gasteiger partial charge in [-0.1, -0.05) is 11.6 Å². The van der Waals surface area contributed by atoms with Crippen molar-refractivity contribution >= 4 is 17.3 Å². The van der Waals surface area contributed by atoms with Crippen LogP contribution in [0.25, 0.3) is 0 Å². The molecule has 0 unspecified atom stereocenters. The summed E-state index contributed by atoms with van der Waals surface area (Å²) in [7, 11) is 0. The lowest BCUT2D eigenvalue weighted by Crippen LogP contribution is -1.90. The summed E-state index contributed by atoms with van der Waals surface area (Å²) >= 11 is 5.91. The molecule has 0 aliphatic carbocycles. The van der Waals surface area contributed by atoms with E-state index in [0.717, 1.165) is 5.56 Å². The summed E-state index contributed by atoms with van der Waals surface area (Å²) < 4.78 is 5.49. The van der Waals surface area contributed by atoms with Gasteiger partial charge in [-0.15, -0.1) is 0 Å². The number of hydrogen-bond acceptors (Lipinski definition) is 4. The molecule has 2 aromatic rings. The van der Waals surface area contributed by atoms with Crippen LogP contribution in [0, 0.1) is 17.0 Å². The van der Waals surface area contributed by atoms with Gasteiger partial charge in [0.2, 0.25) is 0 Å². The minimum atomic E-state index is -0.534. The molecule has 19 heavy (non-hydrogen) atoms. The quantitative estimate of drug-likeness (QED) is 0.679. The van der Waals surface area contributed by atoms with Crippen molar-refractivity contribution in [1.29, 1.82) is 0 Å². The van der Waals surface area contributed by atoms with E-state index in [4.69, 9.17) is 16.3 Å². The number of rotatable bonds is 3. The number of nitro groups is 1. The van der Waals surface area contributed by atoms with Crippen LogP contribution in [-0.4, -0.2) is 10.0 Å². The minimum Gasteiger partial charge on any atom is -0.508 e. The van der Waals surface area contributed by atoms with E-state index in [1.165, 1.54) is 24.3 Å². The zero-order valence-electron chi connectivity index (χ0n) is 9.96. The van der Waals surface area contributed by atoms with Gasteiger partial charge in [-0.3, -0.25) is 10.1 Å². The van der Waals surface area contributed by atoms with Gasteiger partial charge in [-0.05, 0) is 30.7 Å². The molecule has 6 heteroatoms. The summed E-state index contributed by atoms with van der Waals surface area (Å²) in [6.07, 6.45) is 0. The van der Waals surface area contributed by atoms with E-state index in [1.807, 2.05) is 6.92 Å². The summed E-state index contributed by atoms with van der Waals surface area (Å²) in [4.78, 5) is 10.1. The van der Waals surface area contributed by atoms with Crippen molar-refractivity contribution in [2.75, 3.05) is 0 Å². The molecule has 98 valence electrons. The first-order valence-electron chi connectivity index (χ1n) is 5.38. The third-order valence-electron chi connectivity index (χ3n) is 2.39. The van der Waals surface area contributed by atoms with Gasteiger partial charge in [0.1, 0.15) is 17.2 Å². The number of nitro benzene ring substituents is 1. The average Bonchev–Trinajstić information content (AvgIpc) is 2.30. The second-order valence-electron chi connectivity index (χ2n) is 3.98. The third kappa shape index (κ3) is 3.14. The van der Waals surface area contributed by atoms with Gasteiger partial charge in [0.15, 0.2) is 0 Å². The number of halogens is 1. The molecule has 0 saturated carbocycles. The molecule has 0 aliphatic heterocycles. The number of benzene rings is 2. The van der Waals surface area contributed by atoms with Gasteiger partial charge in [0.05, 0.1) is 9.95 Å². The number of aryl methyl sites for hydroxylation is 1. The van der Waals surface area contributed by atoms with Crippen LogP contribution in [0.15, 0.2) is 36.4 Å². The predicted molar refractivity (Wildman–Crippen MR) is 71.0 cm³/mol. The Morgan fingerprint density at radius 1 is 1.26 bits per heavy atom. The topological polar surface area (TPSA) is 72.6 Å². The molecule has 0 amide bonds. The molecule has 0 radical (unpaired) electrons. The van der Waals surface area contributed by atoms with E-state index in [9.17, 15) is 15.2 Å². The molecule has 1 N–H and O–H groups in total. The van der Waals surface area contributed by atoms with Crippen molar-refractivity contribution in [1.82, 2.24) is 0 Å². The highest BCUT2D eigenvalue weighted by Crippen LogP contribution is 2.33. The number of ether oxygens (including phenoxy) is 1. The number of nitrogens with zero attached hydrogens (tertiary/aromatic N) is 1. The second kappa shape index (κ2) is 5.16. The summed E-state index contributed by atoms with van der Waals surface area (Å²) in [5.41, 5.74) is 0.720. The smallest absolute Gasteiger partial charge is 0.271 e. The molecule has 0 fully saturated rings. The Balaban J connectivity index is 2.30. The Labute approximate surface area is 114 Å². The largest absolute Gasteiger partial charge is 0.508 e. The molecule has 0 saturated heterocycles. The van der Waals surface area contributed by atoms with Gasteiger partial charge in [-0.25, -0.2) is 0 Å². The zero-order chi connectivity index (χ0) is 14.0. The Morgan fingerprint density at radius 3 is 2.58 bits per heavy atom. The van der Waals surface area contributed by atoms with E-state index in [1.54, 1.807) is 12.1 Å². The maximum atomic E-state index is 10.6. The van der Waals surface area contributed by atoms with Crippen molar-refractivity contribution in [2.24, 2.45) is 0 Å². The van der Waals surface area contributed by atoms with Crippen molar-refractivity contribution in [3.63, 3.8) is 0 Å². The van der Waals surface area contributed by atoms with Crippen LogP contribution in [0.3, 0.4) is 0 Å². The Morgan fingerprint density at radius 2 is 2.00 bits per heavy atom. The normalized spacial score (nSPS) is 10.2. The summed E-state index contributed by atoms with van der Waals surface area (Å²) in [5.74, 6) is 0.776. The zero-order valence-corrected chi connectivity index (χ0v) is 10.7. The maximum absolute atomic E-state index is 10.6. The van der Waals surface area contributed by atoms with Crippen LogP contribution >= 0.6 is 11.6 Å². The van der Waals surface area contributed by atoms with Gasteiger partial charge in [0.25, 0.3) is 5.69 Å². The van der Waals surface area contributed by atoms with E-state index in [0.29, 0.717) is 5.75 Å². The van der Waals surface area contributed by atoms with Crippen molar-refractivity contribution < 1.29 is 14.8 Å². The minimum absolute atomic E-state index is 0.0769. The number of non-ortho nitro benzene ring substituents is 1. The Bertz CT molecular complexity index is 622. The van der Waals surface area contributed by atoms with Crippen LogP contribution in [0.1, 0.15) is 5.56 Å². The number of hydrogen-bond donors (Lipinski definition) is 1. The number of aromatic hydroxyl groups is 1. The lowest BCUT2D eigenvalue weighted by atomic mass is 10.2. The van der Waals surface area contributed by atoms with Crippen molar-refractivity contribution in [3.05, 3.63) is 57.1 Å². The van der Waals surface area contributed by atoms with E-state index in [2.05, 4.69) is 0 Å². The number of phenols is 1. The molecule has 0 aliphatic rings. The number of phenolic OH excluding ortho intramolecular Hbond substituents is 1. The fourth-order valence-electron chi connectivity index (χ4n) is 1.60. The van der Waals surface area contributed by atoms with Gasteiger partial charge in [0, 0.05) is 18.2 Å². The Kier molecular flexibility index (Phi) is 3.57. The fraction of sp³-hybridized carbons (Fsp3) is 0.0769. The first-order chi connectivity index (χ1) is 8.95.